The number of aryl methyl sites for hydroxylation is 3. The molecule has 8 heteroatoms. The largest absolute Gasteiger partial charge is 2.00 e. The van der Waals surface area contributed by atoms with Gasteiger partial charge in [0.25, 0.3) is 0 Å². The van der Waals surface area contributed by atoms with Crippen molar-refractivity contribution in [2.75, 3.05) is 13.2 Å². The van der Waals surface area contributed by atoms with Crippen molar-refractivity contribution in [2.24, 2.45) is 0 Å². The van der Waals surface area contributed by atoms with Crippen molar-refractivity contribution < 1.29 is 35.3 Å². The van der Waals surface area contributed by atoms with Crippen LogP contribution in [0, 0.1) is 46.8 Å². The Kier molecular flexibility index (Phi) is 9.67. The molecule has 0 N–H and O–H groups in total. The average Bonchev–Trinajstić information content (AvgIpc) is 3.59. The van der Waals surface area contributed by atoms with Crippen LogP contribution >= 0.6 is 0 Å². The first-order chi connectivity index (χ1) is 23.3. The predicted octanol–water partition coefficient (Wildman–Crippen LogP) is 9.76. The smallest absolute Gasteiger partial charge is 0.509 e. The van der Waals surface area contributed by atoms with Gasteiger partial charge in [-0.05, 0) is 111 Å². The van der Waals surface area contributed by atoms with Crippen molar-refractivity contribution >= 4 is 21.8 Å². The number of hydrogen-bond acceptors (Lipinski definition) is 5. The van der Waals surface area contributed by atoms with Crippen LogP contribution in [0.3, 0.4) is 0 Å². The Bertz CT molecular complexity index is 2290. The van der Waals surface area contributed by atoms with E-state index in [-0.39, 0.29) is 21.1 Å². The summed E-state index contributed by atoms with van der Waals surface area (Å²) in [4.78, 5) is 4.69. The summed E-state index contributed by atoms with van der Waals surface area (Å²) in [5.74, 6) is 3.05. The van der Waals surface area contributed by atoms with Gasteiger partial charge in [-0.15, -0.1) is 40.8 Å². The Morgan fingerprint density at radius 1 is 0.714 bits per heavy atom. The Morgan fingerprint density at radius 2 is 1.45 bits per heavy atom. The van der Waals surface area contributed by atoms with Gasteiger partial charge >= 0.3 is 21.1 Å². The summed E-state index contributed by atoms with van der Waals surface area (Å²) in [7, 11) is 0. The maximum atomic E-state index is 6.44. The average molecular weight is 830 g/mol. The number of fused-ring (bicyclic) bond motifs is 3. The van der Waals surface area contributed by atoms with Crippen LogP contribution in [0.1, 0.15) is 41.7 Å². The van der Waals surface area contributed by atoms with E-state index in [4.69, 9.17) is 24.3 Å². The van der Waals surface area contributed by atoms with Crippen molar-refractivity contribution in [1.29, 1.82) is 0 Å². The topological polar surface area (TPSA) is 63.3 Å². The Balaban J connectivity index is 0.00000417. The van der Waals surface area contributed by atoms with Gasteiger partial charge in [0.1, 0.15) is 11.4 Å². The van der Waals surface area contributed by atoms with Crippen LogP contribution < -0.4 is 14.2 Å². The molecule has 0 bridgehead atoms. The molecule has 0 amide bonds. The molecule has 49 heavy (non-hydrogen) atoms. The van der Waals surface area contributed by atoms with Gasteiger partial charge in [-0.25, -0.2) is 9.67 Å². The van der Waals surface area contributed by atoms with E-state index in [1.54, 1.807) is 4.68 Å². The molecule has 4 aromatic carbocycles. The van der Waals surface area contributed by atoms with E-state index in [1.807, 2.05) is 56.4 Å². The summed E-state index contributed by atoms with van der Waals surface area (Å²) in [5.41, 5.74) is 10.4. The second kappa shape index (κ2) is 13.9. The van der Waals surface area contributed by atoms with Crippen LogP contribution in [-0.2, 0) is 21.1 Å². The number of nitrogens with zero attached hydrogens (tertiary/aromatic N) is 4. The number of pyridine rings is 1. The Morgan fingerprint density at radius 3 is 2.18 bits per heavy atom. The standard InChI is InChI=1S/C41H38N4O3.Pt/c1-8-46-40-39(38-28(6)26(4)22-27(5)29(38)7)41(47-9-2)45(43-40)30-13-12-14-31(23-30)48-32-17-18-34-33-15-10-11-16-35(33)44(36(34)24-32)37-21-25(3)19-20-42-37;/h10-22H,8-9H2,1-7H3;/q-2;+2. The molecule has 0 unspecified atom stereocenters. The van der Waals surface area contributed by atoms with E-state index in [1.165, 1.54) is 22.3 Å². The van der Waals surface area contributed by atoms with Gasteiger partial charge < -0.3 is 18.8 Å². The van der Waals surface area contributed by atoms with Gasteiger partial charge in [-0.1, -0.05) is 29.8 Å². The van der Waals surface area contributed by atoms with Gasteiger partial charge in [0, 0.05) is 23.2 Å². The number of para-hydroxylation sites is 1. The van der Waals surface area contributed by atoms with Crippen LogP contribution in [0.15, 0.2) is 79.0 Å². The van der Waals surface area contributed by atoms with E-state index in [0.29, 0.717) is 42.2 Å². The van der Waals surface area contributed by atoms with Crippen LogP contribution in [0.5, 0.6) is 23.3 Å². The minimum absolute atomic E-state index is 0. The normalized spacial score (nSPS) is 11.2. The Hall–Kier alpha value is -4.87. The molecular formula is C41H38N4O3Pt. The van der Waals surface area contributed by atoms with Crippen LogP contribution in [0.25, 0.3) is 44.4 Å². The number of aromatic nitrogens is 4. The minimum atomic E-state index is 0. The van der Waals surface area contributed by atoms with E-state index in [2.05, 4.69) is 87.7 Å². The van der Waals surface area contributed by atoms with E-state index < -0.39 is 0 Å². The maximum Gasteiger partial charge on any atom is 2.00 e. The monoisotopic (exact) mass is 829 g/mol. The molecule has 0 atom stereocenters. The molecular weight excluding hydrogens is 792 g/mol. The molecule has 0 spiro atoms. The molecule has 7 nitrogen and oxygen atoms in total. The third-order valence-corrected chi connectivity index (χ3v) is 8.88. The first-order valence-corrected chi connectivity index (χ1v) is 16.3. The number of rotatable bonds is 9. The summed E-state index contributed by atoms with van der Waals surface area (Å²) < 4.78 is 22.8. The molecule has 7 aromatic rings. The summed E-state index contributed by atoms with van der Waals surface area (Å²) >= 11 is 0. The fraction of sp³-hybridized carbons (Fsp3) is 0.220. The first-order valence-electron chi connectivity index (χ1n) is 16.3. The molecule has 250 valence electrons. The zero-order valence-electron chi connectivity index (χ0n) is 28.7. The molecule has 3 aromatic heterocycles. The van der Waals surface area contributed by atoms with Crippen LogP contribution in [0.4, 0.5) is 0 Å². The van der Waals surface area contributed by atoms with Gasteiger partial charge in [-0.3, -0.25) is 0 Å². The third-order valence-electron chi connectivity index (χ3n) is 8.88. The zero-order chi connectivity index (χ0) is 33.5. The quantitative estimate of drug-likeness (QED) is 0.136. The van der Waals surface area contributed by atoms with Gasteiger partial charge in [0.05, 0.1) is 13.2 Å². The van der Waals surface area contributed by atoms with Crippen LogP contribution in [-0.4, -0.2) is 32.5 Å². The molecule has 3 heterocycles. The van der Waals surface area contributed by atoms with Crippen molar-refractivity contribution in [1.82, 2.24) is 19.3 Å². The number of ether oxygens (including phenoxy) is 3. The van der Waals surface area contributed by atoms with E-state index in [0.717, 1.165) is 44.3 Å². The van der Waals surface area contributed by atoms with Crippen molar-refractivity contribution in [2.45, 2.75) is 48.5 Å². The zero-order valence-corrected chi connectivity index (χ0v) is 31.0. The Labute approximate surface area is 301 Å². The van der Waals surface area contributed by atoms with Crippen LogP contribution in [0.2, 0.25) is 0 Å². The molecule has 0 saturated heterocycles. The van der Waals surface area contributed by atoms with E-state index in [9.17, 15) is 0 Å². The first kappa shape index (κ1) is 34.0. The van der Waals surface area contributed by atoms with Crippen molar-refractivity contribution in [3.63, 3.8) is 0 Å². The second-order valence-corrected chi connectivity index (χ2v) is 12.0. The molecule has 0 radical (unpaired) electrons. The van der Waals surface area contributed by atoms with Crippen molar-refractivity contribution in [3.05, 3.63) is 119 Å². The predicted molar refractivity (Wildman–Crippen MR) is 191 cm³/mol. The SMILES string of the molecule is CCOc1nn(-c2[c-]c(Oc3[c-]c4c(cc3)c3ccccc3n4-c3cc(C)ccn3)ccc2)c(OCC)c1-c1c(C)c(C)cc(C)c1C.[Pt+2]. The fourth-order valence-corrected chi connectivity index (χ4v) is 6.41. The molecule has 0 saturated carbocycles. The number of hydrogen-bond donors (Lipinski definition) is 0. The summed E-state index contributed by atoms with van der Waals surface area (Å²) in [6.07, 6.45) is 1.84. The molecule has 0 aliphatic heterocycles. The third kappa shape index (κ3) is 6.13. The molecule has 0 aliphatic carbocycles. The summed E-state index contributed by atoms with van der Waals surface area (Å²) in [5, 5.41) is 7.14. The van der Waals surface area contributed by atoms with E-state index >= 15 is 0 Å². The van der Waals surface area contributed by atoms with Gasteiger partial charge in [-0.2, -0.15) is 12.1 Å². The fourth-order valence-electron chi connectivity index (χ4n) is 6.41. The van der Waals surface area contributed by atoms with Crippen molar-refractivity contribution in [3.8, 4) is 45.9 Å². The minimum Gasteiger partial charge on any atom is -0.509 e. The van der Waals surface area contributed by atoms with Gasteiger partial charge in [0.2, 0.25) is 11.8 Å². The summed E-state index contributed by atoms with van der Waals surface area (Å²) in [6, 6.07) is 31.4. The summed E-state index contributed by atoms with van der Waals surface area (Å²) in [6.45, 7) is 15.5. The molecule has 0 fully saturated rings. The molecule has 0 aliphatic rings. The van der Waals surface area contributed by atoms with Gasteiger partial charge in [0.15, 0.2) is 0 Å². The maximum absolute atomic E-state index is 6.44. The number of benzene rings is 4. The molecule has 7 rings (SSSR count). The second-order valence-electron chi connectivity index (χ2n) is 12.0.